The van der Waals surface area contributed by atoms with Crippen LogP contribution in [0.15, 0.2) is 48.7 Å². The summed E-state index contributed by atoms with van der Waals surface area (Å²) >= 11 is 0. The molecule has 3 heteroatoms. The molecule has 0 bridgehead atoms. The Bertz CT molecular complexity index is 499. The van der Waals surface area contributed by atoms with Crippen LogP contribution in [0.1, 0.15) is 18.9 Å². The highest BCUT2D eigenvalue weighted by molar-refractivity contribution is 5.33. The molecule has 0 aliphatic rings. The van der Waals surface area contributed by atoms with Gasteiger partial charge in [0.2, 0.25) is 0 Å². The van der Waals surface area contributed by atoms with E-state index in [1.54, 1.807) is 6.20 Å². The number of nitrogens with zero attached hydrogens (tertiary/aromatic N) is 1. The Kier molecular flexibility index (Phi) is 4.78. The third-order valence-electron chi connectivity index (χ3n) is 2.92. The molecule has 1 aromatic carbocycles. The summed E-state index contributed by atoms with van der Waals surface area (Å²) in [7, 11) is 0. The summed E-state index contributed by atoms with van der Waals surface area (Å²) in [6.45, 7) is 4.95. The van der Waals surface area contributed by atoms with Gasteiger partial charge in [0.05, 0.1) is 6.54 Å². The van der Waals surface area contributed by atoms with E-state index in [1.807, 2.05) is 30.3 Å². The molecule has 0 amide bonds. The predicted octanol–water partition coefficient (Wildman–Crippen LogP) is 3.66. The van der Waals surface area contributed by atoms with Gasteiger partial charge < -0.3 is 10.1 Å². The third kappa shape index (κ3) is 4.28. The van der Waals surface area contributed by atoms with Gasteiger partial charge in [0.15, 0.2) is 0 Å². The van der Waals surface area contributed by atoms with E-state index in [2.05, 4.69) is 36.3 Å². The van der Waals surface area contributed by atoms with Crippen molar-refractivity contribution in [1.29, 1.82) is 0 Å². The van der Waals surface area contributed by atoms with Gasteiger partial charge in [0, 0.05) is 6.20 Å². The molecule has 2 rings (SSSR count). The van der Waals surface area contributed by atoms with E-state index in [1.165, 1.54) is 5.56 Å². The second-order valence-corrected chi connectivity index (χ2v) is 4.56. The lowest BCUT2D eigenvalue weighted by molar-refractivity contribution is 0.210. The Morgan fingerprint density at radius 1 is 1.21 bits per heavy atom. The van der Waals surface area contributed by atoms with Gasteiger partial charge in [-0.25, -0.2) is 4.98 Å². The molecule has 100 valence electrons. The van der Waals surface area contributed by atoms with Crippen molar-refractivity contribution in [2.45, 2.75) is 26.4 Å². The molecule has 0 saturated heterocycles. The molecule has 3 nitrogen and oxygen atoms in total. The van der Waals surface area contributed by atoms with Crippen molar-refractivity contribution < 1.29 is 4.74 Å². The fourth-order valence-corrected chi connectivity index (χ4v) is 1.84. The fraction of sp³-hybridized carbons (Fsp3) is 0.312. The average molecular weight is 256 g/mol. The first-order valence-corrected chi connectivity index (χ1v) is 6.66. The maximum Gasteiger partial charge on any atom is 0.125 e. The molecule has 0 fully saturated rings. The average Bonchev–Trinajstić information content (AvgIpc) is 2.44. The van der Waals surface area contributed by atoms with E-state index >= 15 is 0 Å². The summed E-state index contributed by atoms with van der Waals surface area (Å²) < 4.78 is 5.98. The maximum absolute atomic E-state index is 5.98. The second kappa shape index (κ2) is 6.78. The minimum Gasteiger partial charge on any atom is -0.489 e. The van der Waals surface area contributed by atoms with Gasteiger partial charge in [-0.15, -0.1) is 0 Å². The highest BCUT2D eigenvalue weighted by Gasteiger charge is 2.08. The summed E-state index contributed by atoms with van der Waals surface area (Å²) in [5.74, 6) is 1.81. The number of anilines is 1. The standard InChI is InChI=1S/C16H20N2O/c1-3-14(12-18-16-9-4-5-10-17-16)19-15-8-6-7-13(2)11-15/h4-11,14H,3,12H2,1-2H3,(H,17,18). The number of rotatable bonds is 6. The van der Waals surface area contributed by atoms with Crippen molar-refractivity contribution >= 4 is 5.82 Å². The van der Waals surface area contributed by atoms with Crippen molar-refractivity contribution in [2.75, 3.05) is 11.9 Å². The Labute approximate surface area is 114 Å². The molecule has 0 aliphatic heterocycles. The monoisotopic (exact) mass is 256 g/mol. The highest BCUT2D eigenvalue weighted by atomic mass is 16.5. The minimum absolute atomic E-state index is 0.142. The molecule has 0 radical (unpaired) electrons. The Hall–Kier alpha value is -2.03. The largest absolute Gasteiger partial charge is 0.489 e. The summed E-state index contributed by atoms with van der Waals surface area (Å²) in [5, 5.41) is 3.29. The summed E-state index contributed by atoms with van der Waals surface area (Å²) in [6, 6.07) is 14.0. The van der Waals surface area contributed by atoms with Crippen molar-refractivity contribution in [2.24, 2.45) is 0 Å². The van der Waals surface area contributed by atoms with Crippen LogP contribution < -0.4 is 10.1 Å². The normalized spacial score (nSPS) is 11.9. The molecule has 0 saturated carbocycles. The van der Waals surface area contributed by atoms with Crippen molar-refractivity contribution in [3.63, 3.8) is 0 Å². The van der Waals surface area contributed by atoms with Crippen LogP contribution in [-0.4, -0.2) is 17.6 Å². The third-order valence-corrected chi connectivity index (χ3v) is 2.92. The fourth-order valence-electron chi connectivity index (χ4n) is 1.84. The summed E-state index contributed by atoms with van der Waals surface area (Å²) in [4.78, 5) is 4.24. The molecule has 19 heavy (non-hydrogen) atoms. The van der Waals surface area contributed by atoms with E-state index in [0.29, 0.717) is 0 Å². The van der Waals surface area contributed by atoms with Gasteiger partial charge in [-0.2, -0.15) is 0 Å². The van der Waals surface area contributed by atoms with E-state index < -0.39 is 0 Å². The van der Waals surface area contributed by atoms with Gasteiger partial charge in [-0.05, 0) is 43.2 Å². The van der Waals surface area contributed by atoms with Gasteiger partial charge >= 0.3 is 0 Å². The van der Waals surface area contributed by atoms with E-state index in [9.17, 15) is 0 Å². The van der Waals surface area contributed by atoms with Crippen LogP contribution in [0.3, 0.4) is 0 Å². The summed E-state index contributed by atoms with van der Waals surface area (Å²) in [5.41, 5.74) is 1.21. The van der Waals surface area contributed by atoms with Crippen molar-refractivity contribution in [3.05, 3.63) is 54.2 Å². The first kappa shape index (κ1) is 13.4. The quantitative estimate of drug-likeness (QED) is 0.856. The number of pyridine rings is 1. The molecular formula is C16H20N2O. The molecule has 2 aromatic rings. The maximum atomic E-state index is 5.98. The van der Waals surface area contributed by atoms with Gasteiger partial charge in [0.25, 0.3) is 0 Å². The smallest absolute Gasteiger partial charge is 0.125 e. The zero-order valence-corrected chi connectivity index (χ0v) is 11.5. The van der Waals surface area contributed by atoms with Crippen molar-refractivity contribution in [1.82, 2.24) is 4.98 Å². The molecular weight excluding hydrogens is 236 g/mol. The lowest BCUT2D eigenvalue weighted by atomic mass is 10.2. The van der Waals surface area contributed by atoms with Crippen LogP contribution in [0, 0.1) is 6.92 Å². The summed E-state index contributed by atoms with van der Waals surface area (Å²) in [6.07, 6.45) is 2.88. The molecule has 1 N–H and O–H groups in total. The van der Waals surface area contributed by atoms with E-state index in [0.717, 1.165) is 24.5 Å². The lowest BCUT2D eigenvalue weighted by Crippen LogP contribution is -2.25. The lowest BCUT2D eigenvalue weighted by Gasteiger charge is -2.18. The van der Waals surface area contributed by atoms with Gasteiger partial charge in [-0.1, -0.05) is 25.1 Å². The molecule has 0 aliphatic carbocycles. The topological polar surface area (TPSA) is 34.2 Å². The Morgan fingerprint density at radius 3 is 2.79 bits per heavy atom. The molecule has 1 atom stereocenters. The SMILES string of the molecule is CCC(CNc1ccccn1)Oc1cccc(C)c1. The van der Waals surface area contributed by atoms with Crippen LogP contribution in [0.5, 0.6) is 5.75 Å². The number of ether oxygens (including phenoxy) is 1. The van der Waals surface area contributed by atoms with E-state index in [-0.39, 0.29) is 6.10 Å². The van der Waals surface area contributed by atoms with Crippen LogP contribution in [-0.2, 0) is 0 Å². The number of aryl methyl sites for hydroxylation is 1. The Balaban J connectivity index is 1.90. The number of aromatic nitrogens is 1. The van der Waals surface area contributed by atoms with Crippen molar-refractivity contribution in [3.8, 4) is 5.75 Å². The number of hydrogen-bond acceptors (Lipinski definition) is 3. The van der Waals surface area contributed by atoms with E-state index in [4.69, 9.17) is 4.74 Å². The number of benzene rings is 1. The second-order valence-electron chi connectivity index (χ2n) is 4.56. The van der Waals surface area contributed by atoms with Crippen LogP contribution in [0.4, 0.5) is 5.82 Å². The number of nitrogens with one attached hydrogen (secondary N) is 1. The molecule has 1 heterocycles. The van der Waals surface area contributed by atoms with Gasteiger partial charge in [0.1, 0.15) is 17.7 Å². The zero-order valence-electron chi connectivity index (χ0n) is 11.5. The van der Waals surface area contributed by atoms with Crippen LogP contribution >= 0.6 is 0 Å². The predicted molar refractivity (Wildman–Crippen MR) is 78.6 cm³/mol. The van der Waals surface area contributed by atoms with Crippen LogP contribution in [0.2, 0.25) is 0 Å². The first-order valence-electron chi connectivity index (χ1n) is 6.66. The first-order chi connectivity index (χ1) is 9.28. The van der Waals surface area contributed by atoms with Crippen LogP contribution in [0.25, 0.3) is 0 Å². The molecule has 1 aromatic heterocycles. The number of hydrogen-bond donors (Lipinski definition) is 1. The molecule has 1 unspecified atom stereocenters. The zero-order chi connectivity index (χ0) is 13.5. The van der Waals surface area contributed by atoms with Gasteiger partial charge in [-0.3, -0.25) is 0 Å². The Morgan fingerprint density at radius 2 is 2.11 bits per heavy atom. The molecule has 0 spiro atoms. The highest BCUT2D eigenvalue weighted by Crippen LogP contribution is 2.15. The minimum atomic E-state index is 0.142.